The summed E-state index contributed by atoms with van der Waals surface area (Å²) in [7, 11) is 0. The van der Waals surface area contributed by atoms with E-state index in [1.165, 1.54) is 0 Å². The summed E-state index contributed by atoms with van der Waals surface area (Å²) >= 11 is 6.19. The summed E-state index contributed by atoms with van der Waals surface area (Å²) in [4.78, 5) is 17.1. The summed E-state index contributed by atoms with van der Waals surface area (Å²) in [6.45, 7) is 6.51. The van der Waals surface area contributed by atoms with Gasteiger partial charge in [0.05, 0.1) is 24.2 Å². The van der Waals surface area contributed by atoms with Crippen LogP contribution in [0.5, 0.6) is 0 Å². The lowest BCUT2D eigenvalue weighted by Gasteiger charge is -2.32. The maximum atomic E-state index is 12.6. The van der Waals surface area contributed by atoms with Gasteiger partial charge in [0, 0.05) is 45.5 Å². The topological polar surface area (TPSA) is 75.0 Å². The maximum absolute atomic E-state index is 12.6. The zero-order chi connectivity index (χ0) is 18.6. The van der Waals surface area contributed by atoms with Gasteiger partial charge in [0.15, 0.2) is 5.65 Å². The fraction of sp³-hybridized carbons (Fsp3) is 0.611. The van der Waals surface area contributed by atoms with Crippen LogP contribution in [0.4, 0.5) is 5.95 Å². The van der Waals surface area contributed by atoms with Gasteiger partial charge < -0.3 is 15.0 Å². The molecule has 0 bridgehead atoms. The van der Waals surface area contributed by atoms with Crippen molar-refractivity contribution in [2.24, 2.45) is 5.92 Å². The van der Waals surface area contributed by atoms with E-state index in [-0.39, 0.29) is 11.8 Å². The summed E-state index contributed by atoms with van der Waals surface area (Å²) in [6, 6.07) is 3.68. The summed E-state index contributed by atoms with van der Waals surface area (Å²) < 4.78 is 7.24. The SMILES string of the molecule is O=C(NCCN1CCOCC1)C1CCCN(c2nnc3c(Cl)cccn23)C1. The average molecular weight is 393 g/mol. The highest BCUT2D eigenvalue weighted by Crippen LogP contribution is 2.24. The molecule has 1 N–H and O–H groups in total. The number of hydrogen-bond acceptors (Lipinski definition) is 6. The molecule has 4 heterocycles. The number of nitrogens with one attached hydrogen (secondary N) is 1. The number of amides is 1. The number of hydrogen-bond donors (Lipinski definition) is 1. The van der Waals surface area contributed by atoms with Gasteiger partial charge in [-0.1, -0.05) is 11.6 Å². The Hall–Kier alpha value is -1.90. The summed E-state index contributed by atoms with van der Waals surface area (Å²) in [5.41, 5.74) is 0.645. The van der Waals surface area contributed by atoms with Crippen molar-refractivity contribution in [3.05, 3.63) is 23.4 Å². The molecular weight excluding hydrogens is 368 g/mol. The number of piperidine rings is 1. The van der Waals surface area contributed by atoms with E-state index < -0.39 is 0 Å². The normalized spacial score (nSPS) is 21.5. The van der Waals surface area contributed by atoms with Crippen molar-refractivity contribution in [2.75, 3.05) is 57.4 Å². The molecule has 2 fully saturated rings. The molecular formula is C18H25ClN6O2. The first kappa shape index (κ1) is 18.5. The third kappa shape index (κ3) is 4.17. The van der Waals surface area contributed by atoms with Gasteiger partial charge in [0.1, 0.15) is 0 Å². The van der Waals surface area contributed by atoms with Crippen LogP contribution in [-0.4, -0.2) is 77.9 Å². The van der Waals surface area contributed by atoms with E-state index in [9.17, 15) is 4.79 Å². The van der Waals surface area contributed by atoms with Crippen molar-refractivity contribution in [3.63, 3.8) is 0 Å². The van der Waals surface area contributed by atoms with Crippen LogP contribution < -0.4 is 10.2 Å². The van der Waals surface area contributed by atoms with Crippen molar-refractivity contribution >= 4 is 29.1 Å². The molecule has 0 aromatic carbocycles. The van der Waals surface area contributed by atoms with Crippen LogP contribution in [0.15, 0.2) is 18.3 Å². The number of carbonyl (C=O) groups is 1. The zero-order valence-electron chi connectivity index (χ0n) is 15.3. The maximum Gasteiger partial charge on any atom is 0.231 e. The second-order valence-corrected chi connectivity index (χ2v) is 7.49. The number of aromatic nitrogens is 3. The first-order chi connectivity index (χ1) is 13.2. The number of nitrogens with zero attached hydrogens (tertiary/aromatic N) is 5. The van der Waals surface area contributed by atoms with Gasteiger partial charge >= 0.3 is 0 Å². The predicted octanol–water partition coefficient (Wildman–Crippen LogP) is 1.05. The number of ether oxygens (including phenoxy) is 1. The quantitative estimate of drug-likeness (QED) is 0.819. The predicted molar refractivity (Wildman–Crippen MR) is 103 cm³/mol. The number of carbonyl (C=O) groups excluding carboxylic acids is 1. The van der Waals surface area contributed by atoms with Gasteiger partial charge in [-0.05, 0) is 25.0 Å². The molecule has 2 aromatic heterocycles. The van der Waals surface area contributed by atoms with Gasteiger partial charge in [-0.3, -0.25) is 14.1 Å². The van der Waals surface area contributed by atoms with Crippen LogP contribution in [0.1, 0.15) is 12.8 Å². The molecule has 1 unspecified atom stereocenters. The molecule has 2 aliphatic heterocycles. The Labute approximate surface area is 163 Å². The fourth-order valence-electron chi connectivity index (χ4n) is 3.77. The Bertz CT molecular complexity index is 791. The van der Waals surface area contributed by atoms with Gasteiger partial charge in [-0.25, -0.2) is 0 Å². The minimum absolute atomic E-state index is 0.0324. The summed E-state index contributed by atoms with van der Waals surface area (Å²) in [5, 5.41) is 12.2. The van der Waals surface area contributed by atoms with Crippen LogP contribution in [0.25, 0.3) is 5.65 Å². The molecule has 0 radical (unpaired) electrons. The first-order valence-corrected chi connectivity index (χ1v) is 9.92. The number of anilines is 1. The first-order valence-electron chi connectivity index (χ1n) is 9.54. The molecule has 0 saturated carbocycles. The molecule has 2 aromatic rings. The van der Waals surface area contributed by atoms with Crippen LogP contribution in [-0.2, 0) is 9.53 Å². The van der Waals surface area contributed by atoms with Crippen LogP contribution in [0, 0.1) is 5.92 Å². The standard InChI is InChI=1S/C18H25ClN6O2/c19-15-4-2-7-25-16(15)21-22-18(25)24-6-1-3-14(13-24)17(26)20-5-8-23-9-11-27-12-10-23/h2,4,7,14H,1,3,5-6,8-13H2,(H,20,26). The number of fused-ring (bicyclic) bond motifs is 1. The molecule has 0 aliphatic carbocycles. The monoisotopic (exact) mass is 392 g/mol. The number of halogens is 1. The van der Waals surface area contributed by atoms with Gasteiger partial charge in [-0.2, -0.15) is 0 Å². The second-order valence-electron chi connectivity index (χ2n) is 7.08. The van der Waals surface area contributed by atoms with Crippen molar-refractivity contribution in [3.8, 4) is 0 Å². The van der Waals surface area contributed by atoms with Gasteiger partial charge in [0.25, 0.3) is 0 Å². The highest BCUT2D eigenvalue weighted by molar-refractivity contribution is 6.33. The highest BCUT2D eigenvalue weighted by Gasteiger charge is 2.28. The molecule has 9 heteroatoms. The van der Waals surface area contributed by atoms with Crippen LogP contribution in [0.3, 0.4) is 0 Å². The van der Waals surface area contributed by atoms with Crippen molar-refractivity contribution < 1.29 is 9.53 Å². The third-order valence-electron chi connectivity index (χ3n) is 5.28. The lowest BCUT2D eigenvalue weighted by Crippen LogP contribution is -2.46. The molecule has 2 aliphatic rings. The lowest BCUT2D eigenvalue weighted by molar-refractivity contribution is -0.125. The van der Waals surface area contributed by atoms with Crippen LogP contribution in [0.2, 0.25) is 5.02 Å². The van der Waals surface area contributed by atoms with E-state index in [0.717, 1.165) is 58.2 Å². The minimum atomic E-state index is -0.0324. The Morgan fingerprint density at radius 1 is 1.30 bits per heavy atom. The molecule has 0 spiro atoms. The Balaban J connectivity index is 1.34. The average Bonchev–Trinajstić information content (AvgIpc) is 3.14. The van der Waals surface area contributed by atoms with E-state index in [1.807, 2.05) is 16.7 Å². The molecule has 1 amide bonds. The lowest BCUT2D eigenvalue weighted by atomic mass is 9.97. The molecule has 2 saturated heterocycles. The molecule has 1 atom stereocenters. The minimum Gasteiger partial charge on any atom is -0.379 e. The molecule has 27 heavy (non-hydrogen) atoms. The largest absolute Gasteiger partial charge is 0.379 e. The highest BCUT2D eigenvalue weighted by atomic mass is 35.5. The smallest absolute Gasteiger partial charge is 0.231 e. The molecule has 146 valence electrons. The fourth-order valence-corrected chi connectivity index (χ4v) is 3.97. The van der Waals surface area contributed by atoms with E-state index in [4.69, 9.17) is 16.3 Å². The summed E-state index contributed by atoms with van der Waals surface area (Å²) in [5.74, 6) is 0.841. The van der Waals surface area contributed by atoms with E-state index in [2.05, 4.69) is 25.3 Å². The number of morpholine rings is 1. The Morgan fingerprint density at radius 3 is 3.00 bits per heavy atom. The van der Waals surface area contributed by atoms with Crippen molar-refractivity contribution in [1.29, 1.82) is 0 Å². The van der Waals surface area contributed by atoms with Gasteiger partial charge in [-0.15, -0.1) is 10.2 Å². The van der Waals surface area contributed by atoms with E-state index >= 15 is 0 Å². The van der Waals surface area contributed by atoms with Crippen molar-refractivity contribution in [2.45, 2.75) is 12.8 Å². The second kappa shape index (κ2) is 8.41. The van der Waals surface area contributed by atoms with Crippen molar-refractivity contribution in [1.82, 2.24) is 24.8 Å². The Morgan fingerprint density at radius 2 is 2.15 bits per heavy atom. The Kier molecular flexibility index (Phi) is 5.75. The summed E-state index contributed by atoms with van der Waals surface area (Å²) in [6.07, 6.45) is 3.76. The number of pyridine rings is 1. The van der Waals surface area contributed by atoms with E-state index in [1.54, 1.807) is 6.07 Å². The third-order valence-corrected chi connectivity index (χ3v) is 5.57. The molecule has 4 rings (SSSR count). The van der Waals surface area contributed by atoms with Crippen LogP contribution >= 0.6 is 11.6 Å². The number of rotatable bonds is 5. The molecule has 8 nitrogen and oxygen atoms in total. The van der Waals surface area contributed by atoms with Gasteiger partial charge in [0.2, 0.25) is 11.9 Å². The zero-order valence-corrected chi connectivity index (χ0v) is 16.1. The van der Waals surface area contributed by atoms with E-state index in [0.29, 0.717) is 23.8 Å².